The quantitative estimate of drug-likeness (QED) is 0.902. The first-order chi connectivity index (χ1) is 9.62. The number of pyridine rings is 1. The molecule has 0 aromatic carbocycles. The third kappa shape index (κ3) is 2.38. The van der Waals surface area contributed by atoms with Crippen molar-refractivity contribution in [2.24, 2.45) is 5.92 Å². The van der Waals surface area contributed by atoms with Crippen molar-refractivity contribution in [2.45, 2.75) is 45.1 Å². The van der Waals surface area contributed by atoms with Crippen LogP contribution in [0, 0.1) is 12.8 Å². The Morgan fingerprint density at radius 2 is 2.15 bits per heavy atom. The summed E-state index contributed by atoms with van der Waals surface area (Å²) in [7, 11) is 0. The average Bonchev–Trinajstić information content (AvgIpc) is 2.90. The van der Waals surface area contributed by atoms with Crippen LogP contribution < -0.4 is 5.32 Å². The molecule has 0 radical (unpaired) electrons. The molecular formula is C15H22N4O. The molecule has 0 unspecified atom stereocenters. The molecule has 0 saturated heterocycles. The third-order valence-corrected chi connectivity index (χ3v) is 4.45. The van der Waals surface area contributed by atoms with Gasteiger partial charge in [0.15, 0.2) is 5.65 Å². The second-order valence-corrected chi connectivity index (χ2v) is 6.19. The topological polar surface area (TPSA) is 62.5 Å². The predicted octanol–water partition coefficient (Wildman–Crippen LogP) is 2.39. The van der Waals surface area contributed by atoms with Crippen LogP contribution in [-0.4, -0.2) is 31.9 Å². The van der Waals surface area contributed by atoms with Crippen LogP contribution in [0.15, 0.2) is 18.5 Å². The molecule has 2 aromatic rings. The largest absolute Gasteiger partial charge is 0.394 e. The number of hydrogen-bond donors (Lipinski definition) is 2. The van der Waals surface area contributed by atoms with Gasteiger partial charge in [0.25, 0.3) is 0 Å². The molecule has 1 aliphatic rings. The van der Waals surface area contributed by atoms with Gasteiger partial charge in [-0.3, -0.25) is 0 Å². The average molecular weight is 274 g/mol. The highest BCUT2D eigenvalue weighted by atomic mass is 16.3. The minimum Gasteiger partial charge on any atom is -0.394 e. The van der Waals surface area contributed by atoms with Crippen molar-refractivity contribution in [3.63, 3.8) is 0 Å². The summed E-state index contributed by atoms with van der Waals surface area (Å²) in [4.78, 5) is 4.24. The summed E-state index contributed by atoms with van der Waals surface area (Å²) in [6.45, 7) is 4.49. The lowest BCUT2D eigenvalue weighted by molar-refractivity contribution is 0.155. The zero-order chi connectivity index (χ0) is 14.2. The standard InChI is InChI=1S/C15H22N4O/c1-11-3-5-15(9-20,6-4-11)18-14-8-12(2)7-13-16-10-17-19(13)14/h7-8,10-11,18,20H,3-6,9H2,1-2H3. The van der Waals surface area contributed by atoms with Crippen LogP contribution in [0.4, 0.5) is 5.82 Å². The first-order valence-electron chi connectivity index (χ1n) is 7.31. The number of hydrogen-bond acceptors (Lipinski definition) is 4. The number of nitrogens with zero attached hydrogens (tertiary/aromatic N) is 3. The van der Waals surface area contributed by atoms with E-state index >= 15 is 0 Å². The highest BCUT2D eigenvalue weighted by molar-refractivity contribution is 5.52. The molecule has 0 spiro atoms. The molecule has 5 heteroatoms. The van der Waals surface area contributed by atoms with Crippen LogP contribution in [0.25, 0.3) is 5.65 Å². The minimum absolute atomic E-state index is 0.157. The van der Waals surface area contributed by atoms with Gasteiger partial charge in [0.2, 0.25) is 0 Å². The zero-order valence-electron chi connectivity index (χ0n) is 12.1. The molecule has 3 rings (SSSR count). The fraction of sp³-hybridized carbons (Fsp3) is 0.600. The van der Waals surface area contributed by atoms with Gasteiger partial charge in [-0.1, -0.05) is 6.92 Å². The molecule has 108 valence electrons. The lowest BCUT2D eigenvalue weighted by Crippen LogP contribution is -2.45. The second kappa shape index (κ2) is 5.05. The van der Waals surface area contributed by atoms with Gasteiger partial charge in [-0.05, 0) is 56.2 Å². The second-order valence-electron chi connectivity index (χ2n) is 6.19. The molecule has 0 atom stereocenters. The molecule has 0 aliphatic heterocycles. The van der Waals surface area contributed by atoms with Gasteiger partial charge in [-0.2, -0.15) is 9.61 Å². The molecule has 1 fully saturated rings. The van der Waals surface area contributed by atoms with E-state index in [1.807, 2.05) is 10.6 Å². The van der Waals surface area contributed by atoms with Crippen LogP contribution in [0.3, 0.4) is 0 Å². The van der Waals surface area contributed by atoms with E-state index in [0.717, 1.165) is 48.6 Å². The Morgan fingerprint density at radius 3 is 2.85 bits per heavy atom. The van der Waals surface area contributed by atoms with Crippen LogP contribution in [0.5, 0.6) is 0 Å². The minimum atomic E-state index is -0.223. The van der Waals surface area contributed by atoms with Gasteiger partial charge in [0.1, 0.15) is 12.1 Å². The number of aromatic nitrogens is 3. The van der Waals surface area contributed by atoms with Crippen molar-refractivity contribution < 1.29 is 5.11 Å². The first kappa shape index (κ1) is 13.4. The summed E-state index contributed by atoms with van der Waals surface area (Å²) < 4.78 is 1.81. The van der Waals surface area contributed by atoms with E-state index in [2.05, 4.69) is 35.3 Å². The molecular weight excluding hydrogens is 252 g/mol. The summed E-state index contributed by atoms with van der Waals surface area (Å²) in [6, 6.07) is 4.07. The molecule has 20 heavy (non-hydrogen) atoms. The van der Waals surface area contributed by atoms with Gasteiger partial charge >= 0.3 is 0 Å². The Balaban J connectivity index is 1.93. The van der Waals surface area contributed by atoms with Crippen molar-refractivity contribution in [1.29, 1.82) is 0 Å². The Bertz CT molecular complexity index is 599. The number of nitrogens with one attached hydrogen (secondary N) is 1. The third-order valence-electron chi connectivity index (χ3n) is 4.45. The molecule has 2 N–H and O–H groups in total. The lowest BCUT2D eigenvalue weighted by atomic mass is 9.77. The van der Waals surface area contributed by atoms with Crippen LogP contribution >= 0.6 is 0 Å². The van der Waals surface area contributed by atoms with Crippen molar-refractivity contribution >= 4 is 11.5 Å². The Hall–Kier alpha value is -1.62. The number of fused-ring (bicyclic) bond motifs is 1. The fourth-order valence-corrected chi connectivity index (χ4v) is 3.05. The van der Waals surface area contributed by atoms with Gasteiger partial charge in [-0.15, -0.1) is 0 Å². The van der Waals surface area contributed by atoms with Crippen LogP contribution in [-0.2, 0) is 0 Å². The van der Waals surface area contributed by atoms with Gasteiger partial charge in [-0.25, -0.2) is 4.98 Å². The smallest absolute Gasteiger partial charge is 0.157 e. The van der Waals surface area contributed by atoms with Crippen LogP contribution in [0.1, 0.15) is 38.2 Å². The van der Waals surface area contributed by atoms with Crippen molar-refractivity contribution in [3.8, 4) is 0 Å². The van der Waals surface area contributed by atoms with E-state index in [0.29, 0.717) is 0 Å². The van der Waals surface area contributed by atoms with E-state index in [-0.39, 0.29) is 12.1 Å². The monoisotopic (exact) mass is 274 g/mol. The highest BCUT2D eigenvalue weighted by Crippen LogP contribution is 2.34. The number of aryl methyl sites for hydroxylation is 1. The van der Waals surface area contributed by atoms with Gasteiger partial charge in [0, 0.05) is 0 Å². The SMILES string of the molecule is Cc1cc(NC2(CO)CCC(C)CC2)n2ncnc2c1. The number of anilines is 1. The summed E-state index contributed by atoms with van der Waals surface area (Å²) in [5.41, 5.74) is 1.76. The number of rotatable bonds is 3. The Kier molecular flexibility index (Phi) is 3.38. The molecule has 2 heterocycles. The van der Waals surface area contributed by atoms with Crippen LogP contribution in [0.2, 0.25) is 0 Å². The molecule has 2 aromatic heterocycles. The molecule has 5 nitrogen and oxygen atoms in total. The number of aliphatic hydroxyl groups is 1. The Morgan fingerprint density at radius 1 is 1.40 bits per heavy atom. The lowest BCUT2D eigenvalue weighted by Gasteiger charge is -2.39. The molecule has 1 aliphatic carbocycles. The predicted molar refractivity (Wildman–Crippen MR) is 78.8 cm³/mol. The maximum Gasteiger partial charge on any atom is 0.157 e. The molecule has 0 amide bonds. The van der Waals surface area contributed by atoms with E-state index < -0.39 is 0 Å². The van der Waals surface area contributed by atoms with Crippen molar-refractivity contribution in [2.75, 3.05) is 11.9 Å². The highest BCUT2D eigenvalue weighted by Gasteiger charge is 2.34. The van der Waals surface area contributed by atoms with E-state index in [1.165, 1.54) is 0 Å². The van der Waals surface area contributed by atoms with Crippen molar-refractivity contribution in [3.05, 3.63) is 24.0 Å². The zero-order valence-corrected chi connectivity index (χ0v) is 12.1. The normalized spacial score (nSPS) is 26.9. The Labute approximate surface area is 119 Å². The number of aliphatic hydroxyl groups excluding tert-OH is 1. The molecule has 0 bridgehead atoms. The van der Waals surface area contributed by atoms with Gasteiger partial charge in [0.05, 0.1) is 12.1 Å². The summed E-state index contributed by atoms with van der Waals surface area (Å²) >= 11 is 0. The first-order valence-corrected chi connectivity index (χ1v) is 7.31. The van der Waals surface area contributed by atoms with Crippen molar-refractivity contribution in [1.82, 2.24) is 14.6 Å². The van der Waals surface area contributed by atoms with E-state index in [9.17, 15) is 5.11 Å². The maximum absolute atomic E-state index is 9.87. The van der Waals surface area contributed by atoms with E-state index in [1.54, 1.807) is 6.33 Å². The van der Waals surface area contributed by atoms with Gasteiger partial charge < -0.3 is 10.4 Å². The molecule has 1 saturated carbocycles. The maximum atomic E-state index is 9.87. The summed E-state index contributed by atoms with van der Waals surface area (Å²) in [6.07, 6.45) is 5.86. The summed E-state index contributed by atoms with van der Waals surface area (Å²) in [5, 5.41) is 17.7. The summed E-state index contributed by atoms with van der Waals surface area (Å²) in [5.74, 6) is 1.67. The fourth-order valence-electron chi connectivity index (χ4n) is 3.05. The van der Waals surface area contributed by atoms with E-state index in [4.69, 9.17) is 0 Å².